The molecule has 0 bridgehead atoms. The molecule has 2 aliphatic heterocycles. The molecule has 2 saturated heterocycles. The molecular weight excluding hydrogens is 420 g/mol. The van der Waals surface area contributed by atoms with Crippen molar-refractivity contribution in [2.24, 2.45) is 0 Å². The van der Waals surface area contributed by atoms with Crippen molar-refractivity contribution >= 4 is 39.2 Å². The van der Waals surface area contributed by atoms with Gasteiger partial charge in [-0.25, -0.2) is 9.67 Å². The van der Waals surface area contributed by atoms with Crippen molar-refractivity contribution in [2.45, 2.75) is 49.4 Å². The highest BCUT2D eigenvalue weighted by atomic mass is 32.2. The van der Waals surface area contributed by atoms with Crippen LogP contribution in [0.1, 0.15) is 36.6 Å². The maximum Gasteiger partial charge on any atom is 0.233 e. The van der Waals surface area contributed by atoms with Crippen LogP contribution in [0.25, 0.3) is 10.2 Å². The first-order valence-corrected chi connectivity index (χ1v) is 12.2. The summed E-state index contributed by atoms with van der Waals surface area (Å²) in [4.78, 5) is 19.7. The number of tetrazole rings is 1. The van der Waals surface area contributed by atoms with Gasteiger partial charge in [0.25, 0.3) is 0 Å². The van der Waals surface area contributed by atoms with E-state index in [9.17, 15) is 4.79 Å². The van der Waals surface area contributed by atoms with E-state index >= 15 is 0 Å². The Bertz CT molecular complexity index is 983. The van der Waals surface area contributed by atoms with E-state index in [1.807, 2.05) is 17.0 Å². The molecule has 158 valence electrons. The van der Waals surface area contributed by atoms with E-state index in [4.69, 9.17) is 9.72 Å². The molecule has 2 atom stereocenters. The molecule has 8 nitrogen and oxygen atoms in total. The number of piperidine rings is 1. The van der Waals surface area contributed by atoms with Crippen LogP contribution in [-0.4, -0.2) is 67.6 Å². The second kappa shape index (κ2) is 8.99. The first-order valence-electron chi connectivity index (χ1n) is 10.4. The second-order valence-electron chi connectivity index (χ2n) is 7.77. The van der Waals surface area contributed by atoms with Crippen LogP contribution in [-0.2, 0) is 16.1 Å². The molecule has 2 fully saturated rings. The number of ether oxygens (including phenoxy) is 1. The molecule has 0 spiro atoms. The maximum absolute atomic E-state index is 12.9. The summed E-state index contributed by atoms with van der Waals surface area (Å²) in [5.74, 6) is 0.797. The van der Waals surface area contributed by atoms with Gasteiger partial charge in [0.15, 0.2) is 0 Å². The summed E-state index contributed by atoms with van der Waals surface area (Å²) in [6.07, 6.45) is 4.37. The van der Waals surface area contributed by atoms with Crippen molar-refractivity contribution in [3.63, 3.8) is 0 Å². The van der Waals surface area contributed by atoms with Gasteiger partial charge in [0.1, 0.15) is 0 Å². The van der Waals surface area contributed by atoms with Crippen LogP contribution in [0.5, 0.6) is 0 Å². The fourth-order valence-corrected chi connectivity index (χ4v) is 5.97. The molecule has 2 aliphatic rings. The molecule has 5 rings (SSSR count). The smallest absolute Gasteiger partial charge is 0.233 e. The third-order valence-electron chi connectivity index (χ3n) is 5.66. The zero-order chi connectivity index (χ0) is 20.3. The molecule has 10 heteroatoms. The number of amides is 1. The van der Waals surface area contributed by atoms with Gasteiger partial charge in [-0.15, -0.1) is 16.4 Å². The minimum absolute atomic E-state index is 0.137. The molecular formula is C20H24N6O2S2. The van der Waals surface area contributed by atoms with Crippen LogP contribution < -0.4 is 0 Å². The third kappa shape index (κ3) is 4.35. The normalized spacial score (nSPS) is 22.1. The zero-order valence-corrected chi connectivity index (χ0v) is 18.3. The highest BCUT2D eigenvalue weighted by Crippen LogP contribution is 2.33. The number of hydrogen-bond donors (Lipinski definition) is 0. The number of thiazole rings is 1. The number of rotatable bonds is 6. The summed E-state index contributed by atoms with van der Waals surface area (Å²) in [6, 6.07) is 8.23. The Morgan fingerprint density at radius 1 is 1.27 bits per heavy atom. The lowest BCUT2D eigenvalue weighted by atomic mass is 9.99. The standard InChI is InChI=1S/C20H24N6O2S2/c27-18(13-29-20-22-23-24-26(20)12-15-6-4-10-28-15)25-9-3-5-14(11-25)19-21-16-7-1-2-8-17(16)30-19/h1-2,7-8,14-15H,3-6,9-13H2. The molecule has 0 radical (unpaired) electrons. The topological polar surface area (TPSA) is 86.0 Å². The molecule has 0 aliphatic carbocycles. The number of nitrogens with zero attached hydrogens (tertiary/aromatic N) is 6. The summed E-state index contributed by atoms with van der Waals surface area (Å²) in [7, 11) is 0. The van der Waals surface area contributed by atoms with Crippen LogP contribution >= 0.6 is 23.1 Å². The van der Waals surface area contributed by atoms with Gasteiger partial charge in [-0.3, -0.25) is 4.79 Å². The Balaban J connectivity index is 1.19. The van der Waals surface area contributed by atoms with E-state index in [1.165, 1.54) is 16.5 Å². The number of benzene rings is 1. The van der Waals surface area contributed by atoms with E-state index < -0.39 is 0 Å². The van der Waals surface area contributed by atoms with Crippen LogP contribution in [0.2, 0.25) is 0 Å². The molecule has 1 amide bonds. The second-order valence-corrected chi connectivity index (χ2v) is 9.77. The Kier molecular flexibility index (Phi) is 5.96. The van der Waals surface area contributed by atoms with E-state index in [0.29, 0.717) is 23.4 Å². The van der Waals surface area contributed by atoms with Crippen LogP contribution in [0.15, 0.2) is 29.4 Å². The predicted octanol–water partition coefficient (Wildman–Crippen LogP) is 2.96. The van der Waals surface area contributed by atoms with E-state index in [0.717, 1.165) is 55.9 Å². The first kappa shape index (κ1) is 19.9. The van der Waals surface area contributed by atoms with Crippen molar-refractivity contribution in [3.05, 3.63) is 29.3 Å². The molecule has 1 aromatic carbocycles. The number of aromatic nitrogens is 5. The zero-order valence-electron chi connectivity index (χ0n) is 16.6. The summed E-state index contributed by atoms with van der Waals surface area (Å²) in [5, 5.41) is 13.8. The lowest BCUT2D eigenvalue weighted by Gasteiger charge is -2.31. The van der Waals surface area contributed by atoms with Crippen LogP contribution in [0.4, 0.5) is 0 Å². The Hall–Kier alpha value is -2.04. The van der Waals surface area contributed by atoms with Gasteiger partial charge in [-0.2, -0.15) is 0 Å². The highest BCUT2D eigenvalue weighted by molar-refractivity contribution is 7.99. The fourth-order valence-electron chi connectivity index (χ4n) is 4.08. The molecule has 30 heavy (non-hydrogen) atoms. The van der Waals surface area contributed by atoms with E-state index in [-0.39, 0.29) is 12.0 Å². The lowest BCUT2D eigenvalue weighted by molar-refractivity contribution is -0.129. The van der Waals surface area contributed by atoms with E-state index in [1.54, 1.807) is 16.0 Å². The molecule has 4 heterocycles. The molecule has 3 aromatic rings. The van der Waals surface area contributed by atoms with Gasteiger partial charge in [0.2, 0.25) is 11.1 Å². The number of para-hydroxylation sites is 1. The minimum atomic E-state index is 0.137. The Labute approximate surface area is 183 Å². The number of thioether (sulfide) groups is 1. The van der Waals surface area contributed by atoms with Crippen molar-refractivity contribution < 1.29 is 9.53 Å². The molecule has 0 saturated carbocycles. The first-order chi connectivity index (χ1) is 14.8. The van der Waals surface area contributed by atoms with Gasteiger partial charge < -0.3 is 9.64 Å². The largest absolute Gasteiger partial charge is 0.376 e. The fraction of sp³-hybridized carbons (Fsp3) is 0.550. The summed E-state index contributed by atoms with van der Waals surface area (Å²) in [6.45, 7) is 2.99. The third-order valence-corrected chi connectivity index (χ3v) is 7.80. The minimum Gasteiger partial charge on any atom is -0.376 e. The van der Waals surface area contributed by atoms with Gasteiger partial charge in [-0.05, 0) is 48.2 Å². The number of carbonyl (C=O) groups is 1. The maximum atomic E-state index is 12.9. The average molecular weight is 445 g/mol. The molecule has 0 N–H and O–H groups in total. The van der Waals surface area contributed by atoms with Crippen LogP contribution in [0.3, 0.4) is 0 Å². The van der Waals surface area contributed by atoms with E-state index in [2.05, 4.69) is 27.7 Å². The predicted molar refractivity (Wildman–Crippen MR) is 116 cm³/mol. The Morgan fingerprint density at radius 2 is 2.20 bits per heavy atom. The molecule has 2 unspecified atom stereocenters. The highest BCUT2D eigenvalue weighted by Gasteiger charge is 2.27. The number of hydrogen-bond acceptors (Lipinski definition) is 8. The van der Waals surface area contributed by atoms with Crippen molar-refractivity contribution in [3.8, 4) is 0 Å². The average Bonchev–Trinajstić information content (AvgIpc) is 3.53. The van der Waals surface area contributed by atoms with Gasteiger partial charge >= 0.3 is 0 Å². The van der Waals surface area contributed by atoms with Crippen molar-refractivity contribution in [1.82, 2.24) is 30.1 Å². The van der Waals surface area contributed by atoms with Crippen LogP contribution in [0, 0.1) is 0 Å². The molecule has 2 aromatic heterocycles. The van der Waals surface area contributed by atoms with Gasteiger partial charge in [0.05, 0.1) is 33.6 Å². The van der Waals surface area contributed by atoms with Crippen molar-refractivity contribution in [2.75, 3.05) is 25.4 Å². The summed E-state index contributed by atoms with van der Waals surface area (Å²) < 4.78 is 8.64. The lowest BCUT2D eigenvalue weighted by Crippen LogP contribution is -2.40. The monoisotopic (exact) mass is 444 g/mol. The number of fused-ring (bicyclic) bond motifs is 1. The summed E-state index contributed by atoms with van der Waals surface area (Å²) >= 11 is 3.16. The number of likely N-dealkylation sites (tertiary alicyclic amines) is 1. The quantitative estimate of drug-likeness (QED) is 0.540. The Morgan fingerprint density at radius 3 is 3.07 bits per heavy atom. The SMILES string of the molecule is O=C(CSc1nnnn1CC1CCCO1)N1CCCC(c2nc3ccccc3s2)C1. The van der Waals surface area contributed by atoms with Gasteiger partial charge in [0, 0.05) is 25.6 Å². The summed E-state index contributed by atoms with van der Waals surface area (Å²) in [5.41, 5.74) is 1.05. The number of carbonyl (C=O) groups excluding carboxylic acids is 1. The van der Waals surface area contributed by atoms with Crippen molar-refractivity contribution in [1.29, 1.82) is 0 Å². The van der Waals surface area contributed by atoms with Gasteiger partial charge in [-0.1, -0.05) is 23.9 Å².